The minimum atomic E-state index is -4.41. The summed E-state index contributed by atoms with van der Waals surface area (Å²) in [5, 5.41) is 3.53. The maximum Gasteiger partial charge on any atom is 0.419 e. The van der Waals surface area contributed by atoms with Gasteiger partial charge in [-0.3, -0.25) is 9.48 Å². The Balaban J connectivity index is 2.89. The smallest absolute Gasteiger partial charge is 0.297 e. The van der Waals surface area contributed by atoms with Crippen molar-refractivity contribution in [2.75, 3.05) is 0 Å². The molecule has 3 nitrogen and oxygen atoms in total. The molecule has 1 aromatic heterocycles. The number of nitrogens with zero attached hydrogens (tertiary/aromatic N) is 2. The van der Waals surface area contributed by atoms with Crippen LogP contribution in [0.1, 0.15) is 31.9 Å². The van der Waals surface area contributed by atoms with E-state index in [0.717, 1.165) is 17.1 Å². The molecule has 1 unspecified atom stereocenters. The lowest BCUT2D eigenvalue weighted by atomic mass is 10.2. The molecule has 1 rings (SSSR count). The first-order valence-electron chi connectivity index (χ1n) is 4.50. The second kappa shape index (κ2) is 4.04. The minimum Gasteiger partial charge on any atom is -0.297 e. The van der Waals surface area contributed by atoms with E-state index in [0.29, 0.717) is 0 Å². The van der Waals surface area contributed by atoms with Gasteiger partial charge in [0.05, 0.1) is 11.8 Å². The zero-order chi connectivity index (χ0) is 11.6. The van der Waals surface area contributed by atoms with Crippen molar-refractivity contribution in [2.45, 2.75) is 32.5 Å². The van der Waals surface area contributed by atoms with Crippen LogP contribution in [0.4, 0.5) is 13.2 Å². The molecule has 0 aliphatic carbocycles. The highest BCUT2D eigenvalue weighted by Crippen LogP contribution is 2.29. The van der Waals surface area contributed by atoms with Crippen molar-refractivity contribution in [3.8, 4) is 0 Å². The van der Waals surface area contributed by atoms with E-state index in [1.165, 1.54) is 6.92 Å². The fourth-order valence-corrected chi connectivity index (χ4v) is 1.14. The number of aromatic nitrogens is 2. The van der Waals surface area contributed by atoms with E-state index in [1.54, 1.807) is 6.92 Å². The lowest BCUT2D eigenvalue weighted by Crippen LogP contribution is -2.16. The quantitative estimate of drug-likeness (QED) is 0.784. The number of ketones is 1. The highest BCUT2D eigenvalue weighted by molar-refractivity contribution is 5.81. The van der Waals surface area contributed by atoms with Crippen LogP contribution in [0.5, 0.6) is 0 Å². The second-order valence-corrected chi connectivity index (χ2v) is 3.20. The number of halogens is 3. The van der Waals surface area contributed by atoms with Gasteiger partial charge in [-0.1, -0.05) is 6.92 Å². The Morgan fingerprint density at radius 2 is 2.20 bits per heavy atom. The monoisotopic (exact) mass is 220 g/mol. The van der Waals surface area contributed by atoms with Gasteiger partial charge in [0.25, 0.3) is 0 Å². The van der Waals surface area contributed by atoms with E-state index in [9.17, 15) is 18.0 Å². The summed E-state index contributed by atoms with van der Waals surface area (Å²) in [6.07, 6.45) is -2.56. The molecule has 15 heavy (non-hydrogen) atoms. The minimum absolute atomic E-state index is 0.146. The van der Waals surface area contributed by atoms with Crippen LogP contribution in [0.25, 0.3) is 0 Å². The van der Waals surface area contributed by atoms with Gasteiger partial charge in [0.1, 0.15) is 6.04 Å². The van der Waals surface area contributed by atoms with Crippen molar-refractivity contribution in [1.29, 1.82) is 0 Å². The summed E-state index contributed by atoms with van der Waals surface area (Å²) in [7, 11) is 0. The lowest BCUT2D eigenvalue weighted by Gasteiger charge is -2.09. The Hall–Kier alpha value is -1.33. The number of Topliss-reactive ketones (excluding diaryl/α,β-unsaturated/α-hetero) is 1. The van der Waals surface area contributed by atoms with Crippen LogP contribution in [0.15, 0.2) is 12.4 Å². The molecule has 0 N–H and O–H groups in total. The van der Waals surface area contributed by atoms with Gasteiger partial charge in [0, 0.05) is 12.6 Å². The summed E-state index contributed by atoms with van der Waals surface area (Å²) in [4.78, 5) is 11.2. The zero-order valence-corrected chi connectivity index (χ0v) is 8.38. The van der Waals surface area contributed by atoms with Gasteiger partial charge in [-0.25, -0.2) is 0 Å². The topological polar surface area (TPSA) is 34.9 Å². The predicted molar refractivity (Wildman–Crippen MR) is 47.2 cm³/mol. The van der Waals surface area contributed by atoms with Crippen LogP contribution in [-0.4, -0.2) is 15.6 Å². The molecule has 0 radical (unpaired) electrons. The number of carbonyl (C=O) groups excluding carboxylic acids is 1. The van der Waals surface area contributed by atoms with Crippen LogP contribution >= 0.6 is 0 Å². The molecule has 0 aliphatic heterocycles. The first-order valence-corrected chi connectivity index (χ1v) is 4.50. The molecule has 1 atom stereocenters. The zero-order valence-electron chi connectivity index (χ0n) is 8.38. The third kappa shape index (κ3) is 2.57. The summed E-state index contributed by atoms with van der Waals surface area (Å²) in [6.45, 7) is 3.19. The number of hydrogen-bond donors (Lipinski definition) is 0. The van der Waals surface area contributed by atoms with E-state index >= 15 is 0 Å². The Morgan fingerprint density at radius 3 is 2.60 bits per heavy atom. The number of hydrogen-bond acceptors (Lipinski definition) is 2. The molecule has 0 aliphatic rings. The molecule has 6 heteroatoms. The highest BCUT2D eigenvalue weighted by Gasteiger charge is 2.32. The van der Waals surface area contributed by atoms with E-state index in [1.807, 2.05) is 0 Å². The fraction of sp³-hybridized carbons (Fsp3) is 0.556. The maximum absolute atomic E-state index is 12.2. The first kappa shape index (κ1) is 11.7. The van der Waals surface area contributed by atoms with E-state index < -0.39 is 17.8 Å². The summed E-state index contributed by atoms with van der Waals surface area (Å²) < 4.78 is 37.7. The van der Waals surface area contributed by atoms with Crippen LogP contribution in [-0.2, 0) is 11.0 Å². The molecule has 0 bridgehead atoms. The van der Waals surface area contributed by atoms with Crippen molar-refractivity contribution in [2.24, 2.45) is 0 Å². The van der Waals surface area contributed by atoms with Crippen molar-refractivity contribution >= 4 is 5.78 Å². The van der Waals surface area contributed by atoms with Gasteiger partial charge in [-0.05, 0) is 6.92 Å². The summed E-state index contributed by atoms with van der Waals surface area (Å²) in [5.41, 5.74) is -0.835. The third-order valence-corrected chi connectivity index (χ3v) is 2.14. The van der Waals surface area contributed by atoms with Gasteiger partial charge >= 0.3 is 6.18 Å². The molecule has 0 saturated carbocycles. The molecule has 1 aromatic rings. The SMILES string of the molecule is CCC(=O)C(C)n1cc(C(F)(F)F)cn1. The highest BCUT2D eigenvalue weighted by atomic mass is 19.4. The fourth-order valence-electron chi connectivity index (χ4n) is 1.14. The molecule has 84 valence electrons. The molecule has 0 aromatic carbocycles. The molecule has 1 heterocycles. The predicted octanol–water partition coefficient (Wildman–Crippen LogP) is 2.44. The van der Waals surface area contributed by atoms with Gasteiger partial charge < -0.3 is 0 Å². The number of carbonyl (C=O) groups is 1. The molecule has 0 saturated heterocycles. The standard InChI is InChI=1S/C9H11F3N2O/c1-3-8(15)6(2)14-5-7(4-13-14)9(10,11)12/h4-6H,3H2,1-2H3. The summed E-state index contributed by atoms with van der Waals surface area (Å²) in [6, 6.07) is -0.647. The molecular weight excluding hydrogens is 209 g/mol. The summed E-state index contributed by atoms with van der Waals surface area (Å²) in [5.74, 6) is -0.146. The Morgan fingerprint density at radius 1 is 1.60 bits per heavy atom. The Labute approximate surface area is 84.9 Å². The maximum atomic E-state index is 12.2. The molecule has 0 amide bonds. The second-order valence-electron chi connectivity index (χ2n) is 3.20. The van der Waals surface area contributed by atoms with Crippen molar-refractivity contribution < 1.29 is 18.0 Å². The third-order valence-electron chi connectivity index (χ3n) is 2.14. The molecule has 0 fully saturated rings. The first-order chi connectivity index (χ1) is 6.86. The van der Waals surface area contributed by atoms with E-state index in [-0.39, 0.29) is 12.2 Å². The van der Waals surface area contributed by atoms with E-state index in [4.69, 9.17) is 0 Å². The lowest BCUT2D eigenvalue weighted by molar-refractivity contribution is -0.137. The molecular formula is C9H11F3N2O. The molecule has 0 spiro atoms. The number of alkyl halides is 3. The average Bonchev–Trinajstić information content (AvgIpc) is 2.63. The van der Waals surface area contributed by atoms with Crippen LogP contribution in [0.2, 0.25) is 0 Å². The largest absolute Gasteiger partial charge is 0.419 e. The van der Waals surface area contributed by atoms with Crippen LogP contribution in [0.3, 0.4) is 0 Å². The summed E-state index contributed by atoms with van der Waals surface area (Å²) >= 11 is 0. The van der Waals surface area contributed by atoms with E-state index in [2.05, 4.69) is 5.10 Å². The van der Waals surface area contributed by atoms with Crippen LogP contribution in [0, 0.1) is 0 Å². The Bertz CT molecular complexity index is 356. The van der Waals surface area contributed by atoms with Crippen molar-refractivity contribution in [3.05, 3.63) is 18.0 Å². The normalized spacial score (nSPS) is 13.9. The number of rotatable bonds is 3. The van der Waals surface area contributed by atoms with Crippen molar-refractivity contribution in [3.63, 3.8) is 0 Å². The van der Waals surface area contributed by atoms with Crippen LogP contribution < -0.4 is 0 Å². The van der Waals surface area contributed by atoms with Crippen molar-refractivity contribution in [1.82, 2.24) is 9.78 Å². The average molecular weight is 220 g/mol. The van der Waals surface area contributed by atoms with Gasteiger partial charge in [-0.15, -0.1) is 0 Å². The van der Waals surface area contributed by atoms with Gasteiger partial charge in [0.2, 0.25) is 0 Å². The Kier molecular flexibility index (Phi) is 3.16. The van der Waals surface area contributed by atoms with Gasteiger partial charge in [0.15, 0.2) is 5.78 Å². The van der Waals surface area contributed by atoms with Gasteiger partial charge in [-0.2, -0.15) is 18.3 Å².